The number of rotatable bonds is 7. The zero-order valence-electron chi connectivity index (χ0n) is 15.9. The van der Waals surface area contributed by atoms with Gasteiger partial charge in [0.15, 0.2) is 5.11 Å². The van der Waals surface area contributed by atoms with Crippen molar-refractivity contribution in [3.8, 4) is 16.2 Å². The molecule has 0 saturated carbocycles. The molecular weight excluding hydrogens is 430 g/mol. The number of para-hydroxylation sites is 2. The van der Waals surface area contributed by atoms with Crippen molar-refractivity contribution in [2.75, 3.05) is 17.2 Å². The van der Waals surface area contributed by atoms with Gasteiger partial charge in [-0.15, -0.1) is 11.3 Å². The van der Waals surface area contributed by atoms with Gasteiger partial charge in [-0.1, -0.05) is 42.5 Å². The molecular formula is C21H18F2N2O3S2. The van der Waals surface area contributed by atoms with Gasteiger partial charge in [-0.2, -0.15) is 8.78 Å². The van der Waals surface area contributed by atoms with Crippen LogP contribution in [0.2, 0.25) is 0 Å². The number of anilines is 2. The summed E-state index contributed by atoms with van der Waals surface area (Å²) in [5.74, 6) is -0.527. The largest absolute Gasteiger partial charge is 0.462 e. The SMILES string of the molecule is CCOC(=O)c1cc(-c2ccccc2)sc1NC(=S)Nc1ccccc1OC(F)F. The molecule has 3 rings (SSSR count). The molecule has 2 N–H and O–H groups in total. The summed E-state index contributed by atoms with van der Waals surface area (Å²) in [6, 6.07) is 17.5. The van der Waals surface area contributed by atoms with Crippen LogP contribution in [-0.4, -0.2) is 24.3 Å². The molecule has 0 aliphatic carbocycles. The van der Waals surface area contributed by atoms with E-state index < -0.39 is 12.6 Å². The van der Waals surface area contributed by atoms with Crippen LogP contribution >= 0.6 is 23.6 Å². The highest BCUT2D eigenvalue weighted by Crippen LogP contribution is 2.36. The van der Waals surface area contributed by atoms with Crippen LogP contribution in [0.15, 0.2) is 60.7 Å². The predicted molar refractivity (Wildman–Crippen MR) is 119 cm³/mol. The Balaban J connectivity index is 1.84. The Morgan fingerprint density at radius 1 is 1.10 bits per heavy atom. The molecule has 3 aromatic rings. The molecule has 0 bridgehead atoms. The lowest BCUT2D eigenvalue weighted by Gasteiger charge is -2.14. The van der Waals surface area contributed by atoms with Crippen molar-refractivity contribution in [1.29, 1.82) is 0 Å². The van der Waals surface area contributed by atoms with Crippen molar-refractivity contribution in [3.63, 3.8) is 0 Å². The molecule has 5 nitrogen and oxygen atoms in total. The van der Waals surface area contributed by atoms with E-state index in [1.54, 1.807) is 31.2 Å². The monoisotopic (exact) mass is 448 g/mol. The topological polar surface area (TPSA) is 59.6 Å². The maximum absolute atomic E-state index is 12.6. The molecule has 2 aromatic carbocycles. The zero-order valence-corrected chi connectivity index (χ0v) is 17.5. The van der Waals surface area contributed by atoms with Gasteiger partial charge < -0.3 is 20.1 Å². The fourth-order valence-corrected chi connectivity index (χ4v) is 3.95. The molecule has 0 saturated heterocycles. The molecule has 0 spiro atoms. The van der Waals surface area contributed by atoms with Crippen molar-refractivity contribution in [2.45, 2.75) is 13.5 Å². The fraction of sp³-hybridized carbons (Fsp3) is 0.143. The van der Waals surface area contributed by atoms with Crippen LogP contribution in [0, 0.1) is 0 Å². The average molecular weight is 449 g/mol. The summed E-state index contributed by atoms with van der Waals surface area (Å²) in [6.45, 7) is -1.01. The third kappa shape index (κ3) is 5.52. The summed E-state index contributed by atoms with van der Waals surface area (Å²) in [5, 5.41) is 6.39. The first-order valence-electron chi connectivity index (χ1n) is 8.96. The molecule has 9 heteroatoms. The summed E-state index contributed by atoms with van der Waals surface area (Å²) >= 11 is 6.65. The lowest BCUT2D eigenvalue weighted by molar-refractivity contribution is -0.0493. The van der Waals surface area contributed by atoms with Crippen LogP contribution in [-0.2, 0) is 4.74 Å². The highest BCUT2D eigenvalue weighted by molar-refractivity contribution is 7.80. The van der Waals surface area contributed by atoms with Crippen molar-refractivity contribution < 1.29 is 23.0 Å². The quantitative estimate of drug-likeness (QED) is 0.341. The lowest BCUT2D eigenvalue weighted by Crippen LogP contribution is -2.20. The Morgan fingerprint density at radius 2 is 1.80 bits per heavy atom. The number of ether oxygens (including phenoxy) is 2. The minimum absolute atomic E-state index is 0.0431. The van der Waals surface area contributed by atoms with E-state index in [1.165, 1.54) is 17.4 Å². The number of thiocarbonyl (C=S) groups is 1. The molecule has 0 amide bonds. The molecule has 30 heavy (non-hydrogen) atoms. The maximum atomic E-state index is 12.6. The number of thiophene rings is 1. The second-order valence-electron chi connectivity index (χ2n) is 5.89. The van der Waals surface area contributed by atoms with E-state index in [4.69, 9.17) is 17.0 Å². The number of benzene rings is 2. The summed E-state index contributed by atoms with van der Waals surface area (Å²) < 4.78 is 34.9. The zero-order chi connectivity index (χ0) is 21.5. The van der Waals surface area contributed by atoms with Crippen LogP contribution in [0.1, 0.15) is 17.3 Å². The van der Waals surface area contributed by atoms with E-state index in [2.05, 4.69) is 15.4 Å². The number of esters is 1. The Labute approximate surface area is 181 Å². The van der Waals surface area contributed by atoms with Gasteiger partial charge in [0.1, 0.15) is 10.8 Å². The number of alkyl halides is 2. The number of carbonyl (C=O) groups is 1. The van der Waals surface area contributed by atoms with Crippen molar-refractivity contribution in [1.82, 2.24) is 0 Å². The van der Waals surface area contributed by atoms with Crippen LogP contribution < -0.4 is 15.4 Å². The first-order chi connectivity index (χ1) is 14.5. The molecule has 156 valence electrons. The van der Waals surface area contributed by atoms with Gasteiger partial charge in [0.2, 0.25) is 0 Å². The summed E-state index contributed by atoms with van der Waals surface area (Å²) in [7, 11) is 0. The number of nitrogens with one attached hydrogen (secondary N) is 2. The Hall–Kier alpha value is -3.04. The number of carbonyl (C=O) groups excluding carboxylic acids is 1. The third-order valence-electron chi connectivity index (χ3n) is 3.86. The highest BCUT2D eigenvalue weighted by Gasteiger charge is 2.19. The smallest absolute Gasteiger partial charge is 0.387 e. The second-order valence-corrected chi connectivity index (χ2v) is 7.35. The third-order valence-corrected chi connectivity index (χ3v) is 5.17. The minimum Gasteiger partial charge on any atom is -0.462 e. The van der Waals surface area contributed by atoms with Gasteiger partial charge in [0.25, 0.3) is 0 Å². The van der Waals surface area contributed by atoms with Crippen LogP contribution in [0.25, 0.3) is 10.4 Å². The summed E-state index contributed by atoms with van der Waals surface area (Å²) in [5.41, 5.74) is 1.55. The first kappa shape index (κ1) is 21.7. The van der Waals surface area contributed by atoms with Crippen molar-refractivity contribution >= 4 is 45.3 Å². The van der Waals surface area contributed by atoms with Crippen molar-refractivity contribution in [3.05, 3.63) is 66.2 Å². The Morgan fingerprint density at radius 3 is 2.50 bits per heavy atom. The van der Waals surface area contributed by atoms with E-state index in [-0.39, 0.29) is 23.2 Å². The van der Waals surface area contributed by atoms with E-state index in [0.717, 1.165) is 10.4 Å². The maximum Gasteiger partial charge on any atom is 0.387 e. The minimum atomic E-state index is -2.96. The first-order valence-corrected chi connectivity index (χ1v) is 10.2. The Bertz CT molecular complexity index is 1030. The van der Waals surface area contributed by atoms with Crippen LogP contribution in [0.3, 0.4) is 0 Å². The molecule has 0 fully saturated rings. The summed E-state index contributed by atoms with van der Waals surface area (Å²) in [6.07, 6.45) is 0. The molecule has 0 atom stereocenters. The van der Waals surface area contributed by atoms with Gasteiger partial charge in [-0.3, -0.25) is 0 Å². The second kappa shape index (κ2) is 10.1. The molecule has 0 aliphatic heterocycles. The van der Waals surface area contributed by atoms with Gasteiger partial charge in [0.05, 0.1) is 17.9 Å². The van der Waals surface area contributed by atoms with E-state index in [9.17, 15) is 13.6 Å². The van der Waals surface area contributed by atoms with Gasteiger partial charge in [0, 0.05) is 4.88 Å². The number of halogens is 2. The molecule has 0 aliphatic rings. The van der Waals surface area contributed by atoms with E-state index in [0.29, 0.717) is 10.6 Å². The molecule has 1 aromatic heterocycles. The molecule has 1 heterocycles. The fourth-order valence-electron chi connectivity index (χ4n) is 2.61. The summed E-state index contributed by atoms with van der Waals surface area (Å²) in [4.78, 5) is 13.3. The highest BCUT2D eigenvalue weighted by atomic mass is 32.1. The number of hydrogen-bond donors (Lipinski definition) is 2. The molecule has 0 radical (unpaired) electrons. The van der Waals surface area contributed by atoms with Crippen LogP contribution in [0.5, 0.6) is 5.75 Å². The van der Waals surface area contributed by atoms with E-state index >= 15 is 0 Å². The number of hydrogen-bond acceptors (Lipinski definition) is 5. The Kier molecular flexibility index (Phi) is 7.31. The van der Waals surface area contributed by atoms with Gasteiger partial charge in [-0.25, -0.2) is 4.79 Å². The lowest BCUT2D eigenvalue weighted by atomic mass is 10.1. The normalized spacial score (nSPS) is 10.5. The van der Waals surface area contributed by atoms with E-state index in [1.807, 2.05) is 30.3 Å². The van der Waals surface area contributed by atoms with Gasteiger partial charge >= 0.3 is 12.6 Å². The standard InChI is InChI=1S/C21H18F2N2O3S2/c1-2-27-19(26)14-12-17(13-8-4-3-5-9-13)30-18(14)25-21(29)24-15-10-6-7-11-16(15)28-20(22)23/h3-12,20H,2H2,1H3,(H2,24,25,29). The predicted octanol–water partition coefficient (Wildman–Crippen LogP) is 6.00. The average Bonchev–Trinajstić information content (AvgIpc) is 3.14. The van der Waals surface area contributed by atoms with Crippen LogP contribution in [0.4, 0.5) is 19.5 Å². The van der Waals surface area contributed by atoms with Crippen molar-refractivity contribution in [2.24, 2.45) is 0 Å². The van der Waals surface area contributed by atoms with Gasteiger partial charge in [-0.05, 0) is 42.9 Å². The molecule has 0 unspecified atom stereocenters.